The van der Waals surface area contributed by atoms with E-state index in [0.29, 0.717) is 36.7 Å². The molecule has 0 unspecified atom stereocenters. The van der Waals surface area contributed by atoms with E-state index in [-0.39, 0.29) is 5.75 Å². The minimum atomic E-state index is -3.49. The van der Waals surface area contributed by atoms with Crippen LogP contribution in [0.5, 0.6) is 5.75 Å². The van der Waals surface area contributed by atoms with Crippen LogP contribution in [0.3, 0.4) is 0 Å². The van der Waals surface area contributed by atoms with Crippen molar-refractivity contribution in [2.45, 2.75) is 6.42 Å². The molecule has 1 aliphatic heterocycles. The first kappa shape index (κ1) is 18.1. The molecule has 0 aromatic heterocycles. The Morgan fingerprint density at radius 3 is 2.62 bits per heavy atom. The Kier molecular flexibility index (Phi) is 5.32. The Morgan fingerprint density at radius 2 is 1.96 bits per heavy atom. The number of rotatable bonds is 7. The van der Waals surface area contributed by atoms with Gasteiger partial charge in [-0.1, -0.05) is 12.1 Å². The standard InChI is InChI=1S/C18H20N2O5S/c1-24-17-4-2-3-14(13-17)9-12-26(22,23)19-15-5-7-16(8-6-15)20-10-11-25-18(20)21/h2-8,13,19H,9-12H2,1H3. The van der Waals surface area contributed by atoms with E-state index >= 15 is 0 Å². The lowest BCUT2D eigenvalue weighted by Crippen LogP contribution is -2.23. The SMILES string of the molecule is COc1cccc(CCS(=O)(=O)Nc2ccc(N3CCOC3=O)cc2)c1. The molecule has 1 N–H and O–H groups in total. The van der Waals surface area contributed by atoms with Crippen LogP contribution in [-0.2, 0) is 21.2 Å². The Balaban J connectivity index is 1.60. The zero-order valence-electron chi connectivity index (χ0n) is 14.3. The summed E-state index contributed by atoms with van der Waals surface area (Å²) in [5.74, 6) is 0.657. The second kappa shape index (κ2) is 7.65. The topological polar surface area (TPSA) is 84.9 Å². The van der Waals surface area contributed by atoms with Crippen LogP contribution in [-0.4, -0.2) is 40.5 Å². The zero-order valence-corrected chi connectivity index (χ0v) is 15.2. The molecule has 3 rings (SSSR count). The molecule has 1 fully saturated rings. The van der Waals surface area contributed by atoms with Gasteiger partial charge in [0, 0.05) is 11.4 Å². The average molecular weight is 376 g/mol. The highest BCUT2D eigenvalue weighted by molar-refractivity contribution is 7.92. The molecule has 2 aromatic rings. The molecule has 1 saturated heterocycles. The van der Waals surface area contributed by atoms with Gasteiger partial charge in [0.25, 0.3) is 0 Å². The number of hydrogen-bond acceptors (Lipinski definition) is 5. The summed E-state index contributed by atoms with van der Waals surface area (Å²) in [4.78, 5) is 13.0. The van der Waals surface area contributed by atoms with Gasteiger partial charge in [-0.25, -0.2) is 13.2 Å². The Labute approximate surface area is 152 Å². The number of benzene rings is 2. The molecule has 0 atom stereocenters. The zero-order chi connectivity index (χ0) is 18.6. The Morgan fingerprint density at radius 1 is 1.19 bits per heavy atom. The van der Waals surface area contributed by atoms with Gasteiger partial charge in [0.2, 0.25) is 10.0 Å². The number of amides is 1. The molecule has 1 aliphatic rings. The van der Waals surface area contributed by atoms with Crippen molar-refractivity contribution in [3.63, 3.8) is 0 Å². The fourth-order valence-electron chi connectivity index (χ4n) is 2.65. The normalized spacial score (nSPS) is 14.2. The fourth-order valence-corrected chi connectivity index (χ4v) is 3.75. The number of carbonyl (C=O) groups excluding carboxylic acids is 1. The van der Waals surface area contributed by atoms with Gasteiger partial charge in [0.05, 0.1) is 19.4 Å². The van der Waals surface area contributed by atoms with Gasteiger partial charge in [0.15, 0.2) is 0 Å². The third-order valence-corrected chi connectivity index (χ3v) is 5.30. The maximum absolute atomic E-state index is 12.3. The molecule has 0 spiro atoms. The van der Waals surface area contributed by atoms with Crippen LogP contribution in [0.15, 0.2) is 48.5 Å². The van der Waals surface area contributed by atoms with Crippen LogP contribution >= 0.6 is 0 Å². The van der Waals surface area contributed by atoms with Crippen molar-refractivity contribution >= 4 is 27.5 Å². The number of nitrogens with zero attached hydrogens (tertiary/aromatic N) is 1. The van der Waals surface area contributed by atoms with Crippen molar-refractivity contribution in [1.29, 1.82) is 0 Å². The third kappa shape index (κ3) is 4.45. The average Bonchev–Trinajstić information content (AvgIpc) is 3.07. The number of aryl methyl sites for hydroxylation is 1. The maximum atomic E-state index is 12.3. The molecule has 8 heteroatoms. The van der Waals surface area contributed by atoms with Gasteiger partial charge in [-0.2, -0.15) is 0 Å². The number of cyclic esters (lactones) is 1. The number of hydrogen-bond donors (Lipinski definition) is 1. The quantitative estimate of drug-likeness (QED) is 0.803. The lowest BCUT2D eigenvalue weighted by Gasteiger charge is -2.14. The van der Waals surface area contributed by atoms with E-state index < -0.39 is 16.1 Å². The summed E-state index contributed by atoms with van der Waals surface area (Å²) in [6, 6.07) is 14.0. The first-order valence-electron chi connectivity index (χ1n) is 8.15. The maximum Gasteiger partial charge on any atom is 0.414 e. The van der Waals surface area contributed by atoms with Crippen molar-refractivity contribution in [2.24, 2.45) is 0 Å². The number of methoxy groups -OCH3 is 1. The molecular weight excluding hydrogens is 356 g/mol. The second-order valence-corrected chi connectivity index (χ2v) is 7.68. The number of ether oxygens (including phenoxy) is 2. The van der Waals surface area contributed by atoms with Gasteiger partial charge in [-0.05, 0) is 48.4 Å². The van der Waals surface area contributed by atoms with E-state index in [1.54, 1.807) is 31.4 Å². The summed E-state index contributed by atoms with van der Waals surface area (Å²) in [6.07, 6.45) is -0.0128. The molecule has 7 nitrogen and oxygen atoms in total. The van der Waals surface area contributed by atoms with Crippen molar-refractivity contribution in [3.8, 4) is 5.75 Å². The van der Waals surface area contributed by atoms with Crippen molar-refractivity contribution in [1.82, 2.24) is 0 Å². The van der Waals surface area contributed by atoms with Crippen molar-refractivity contribution in [3.05, 3.63) is 54.1 Å². The molecule has 0 aliphatic carbocycles. The first-order chi connectivity index (χ1) is 12.5. The smallest absolute Gasteiger partial charge is 0.414 e. The predicted molar refractivity (Wildman–Crippen MR) is 99.2 cm³/mol. The van der Waals surface area contributed by atoms with Gasteiger partial charge >= 0.3 is 6.09 Å². The van der Waals surface area contributed by atoms with Crippen LogP contribution in [0, 0.1) is 0 Å². The van der Waals surface area contributed by atoms with E-state index in [1.807, 2.05) is 24.3 Å². The molecule has 0 bridgehead atoms. The van der Waals surface area contributed by atoms with Crippen LogP contribution < -0.4 is 14.4 Å². The lowest BCUT2D eigenvalue weighted by molar-refractivity contribution is 0.181. The van der Waals surface area contributed by atoms with Crippen LogP contribution in [0.2, 0.25) is 0 Å². The highest BCUT2D eigenvalue weighted by Gasteiger charge is 2.23. The summed E-state index contributed by atoms with van der Waals surface area (Å²) in [5.41, 5.74) is 2.01. The predicted octanol–water partition coefficient (Wildman–Crippen LogP) is 2.64. The Hall–Kier alpha value is -2.74. The molecule has 1 heterocycles. The van der Waals surface area contributed by atoms with Crippen molar-refractivity contribution in [2.75, 3.05) is 35.6 Å². The molecule has 0 radical (unpaired) electrons. The van der Waals surface area contributed by atoms with E-state index in [1.165, 1.54) is 4.90 Å². The van der Waals surface area contributed by atoms with E-state index in [9.17, 15) is 13.2 Å². The monoisotopic (exact) mass is 376 g/mol. The minimum absolute atomic E-state index is 0.0413. The number of sulfonamides is 1. The fraction of sp³-hybridized carbons (Fsp3) is 0.278. The first-order valence-corrected chi connectivity index (χ1v) is 9.80. The number of nitrogens with one attached hydrogen (secondary N) is 1. The number of carbonyl (C=O) groups is 1. The molecule has 138 valence electrons. The summed E-state index contributed by atoms with van der Waals surface area (Å²) < 4.78 is 37.2. The molecule has 1 amide bonds. The van der Waals surface area contributed by atoms with Crippen LogP contribution in [0.1, 0.15) is 5.56 Å². The molecular formula is C18H20N2O5S. The lowest BCUT2D eigenvalue weighted by atomic mass is 10.2. The summed E-state index contributed by atoms with van der Waals surface area (Å²) in [7, 11) is -1.92. The number of anilines is 2. The summed E-state index contributed by atoms with van der Waals surface area (Å²) in [5, 5.41) is 0. The molecule has 0 saturated carbocycles. The Bertz CT molecular complexity index is 881. The van der Waals surface area contributed by atoms with E-state index in [4.69, 9.17) is 9.47 Å². The summed E-state index contributed by atoms with van der Waals surface area (Å²) >= 11 is 0. The third-order valence-electron chi connectivity index (χ3n) is 4.01. The highest BCUT2D eigenvalue weighted by Crippen LogP contribution is 2.22. The summed E-state index contributed by atoms with van der Waals surface area (Å²) in [6.45, 7) is 0.849. The van der Waals surface area contributed by atoms with Crippen LogP contribution in [0.4, 0.5) is 16.2 Å². The van der Waals surface area contributed by atoms with Gasteiger partial charge in [0.1, 0.15) is 12.4 Å². The minimum Gasteiger partial charge on any atom is -0.497 e. The van der Waals surface area contributed by atoms with E-state index in [0.717, 1.165) is 5.56 Å². The van der Waals surface area contributed by atoms with Crippen molar-refractivity contribution < 1.29 is 22.7 Å². The largest absolute Gasteiger partial charge is 0.497 e. The van der Waals surface area contributed by atoms with Crippen LogP contribution in [0.25, 0.3) is 0 Å². The molecule has 26 heavy (non-hydrogen) atoms. The van der Waals surface area contributed by atoms with Gasteiger partial charge in [-0.3, -0.25) is 9.62 Å². The highest BCUT2D eigenvalue weighted by atomic mass is 32.2. The van der Waals surface area contributed by atoms with E-state index in [2.05, 4.69) is 4.72 Å². The van der Waals surface area contributed by atoms with Gasteiger partial charge < -0.3 is 9.47 Å². The van der Waals surface area contributed by atoms with Gasteiger partial charge in [-0.15, -0.1) is 0 Å². The second-order valence-electron chi connectivity index (χ2n) is 5.84. The molecule has 2 aromatic carbocycles.